The van der Waals surface area contributed by atoms with Crippen molar-refractivity contribution in [3.8, 4) is 56.4 Å². The quantitative estimate of drug-likeness (QED) is 0.193. The maximum Gasteiger partial charge on any atom is 0.164 e. The standard InChI is InChI=1S/C43H27N3S/c1-3-10-28(11-4-1)29-18-20-31(21-19-29)42-44-41(30-12-5-2-6-13-30)45-43(46-42)35-15-9-14-32(27-35)33-22-24-36-34(26-33)23-25-39-40(36)37-16-7-8-17-38(37)47-39/h1-27H. The molecule has 0 saturated carbocycles. The average Bonchev–Trinajstić information content (AvgIpc) is 3.55. The van der Waals surface area contributed by atoms with Crippen molar-refractivity contribution in [3.05, 3.63) is 164 Å². The largest absolute Gasteiger partial charge is 0.208 e. The molecule has 0 atom stereocenters. The van der Waals surface area contributed by atoms with Crippen LogP contribution in [0, 0.1) is 0 Å². The fraction of sp³-hybridized carbons (Fsp3) is 0. The van der Waals surface area contributed by atoms with Gasteiger partial charge in [-0.1, -0.05) is 140 Å². The molecule has 2 heterocycles. The van der Waals surface area contributed by atoms with Crippen LogP contribution >= 0.6 is 11.3 Å². The molecular formula is C43H27N3S. The van der Waals surface area contributed by atoms with Crippen molar-refractivity contribution in [1.82, 2.24) is 15.0 Å². The Hall–Kier alpha value is -5.97. The molecule has 0 radical (unpaired) electrons. The Labute approximate surface area is 276 Å². The second kappa shape index (κ2) is 11.4. The van der Waals surface area contributed by atoms with Gasteiger partial charge in [0.15, 0.2) is 17.5 Å². The van der Waals surface area contributed by atoms with Crippen molar-refractivity contribution in [2.24, 2.45) is 0 Å². The van der Waals surface area contributed by atoms with Gasteiger partial charge in [0.1, 0.15) is 0 Å². The summed E-state index contributed by atoms with van der Waals surface area (Å²) >= 11 is 1.86. The van der Waals surface area contributed by atoms with Crippen molar-refractivity contribution >= 4 is 42.3 Å². The minimum Gasteiger partial charge on any atom is -0.208 e. The Morgan fingerprint density at radius 1 is 0.319 bits per heavy atom. The molecule has 4 heteroatoms. The molecule has 0 bridgehead atoms. The van der Waals surface area contributed by atoms with Crippen LogP contribution in [0.5, 0.6) is 0 Å². The van der Waals surface area contributed by atoms with E-state index in [1.807, 2.05) is 47.7 Å². The summed E-state index contributed by atoms with van der Waals surface area (Å²) in [5.74, 6) is 1.95. The molecule has 9 aromatic rings. The number of benzene rings is 7. The molecule has 7 aromatic carbocycles. The summed E-state index contributed by atoms with van der Waals surface area (Å²) in [4.78, 5) is 14.9. The van der Waals surface area contributed by atoms with E-state index in [0.717, 1.165) is 33.4 Å². The molecule has 9 rings (SSSR count). The molecule has 220 valence electrons. The van der Waals surface area contributed by atoms with E-state index >= 15 is 0 Å². The second-order valence-electron chi connectivity index (χ2n) is 11.7. The van der Waals surface area contributed by atoms with Gasteiger partial charge in [0.05, 0.1) is 0 Å². The highest BCUT2D eigenvalue weighted by Gasteiger charge is 2.14. The molecule has 0 aliphatic rings. The van der Waals surface area contributed by atoms with Crippen LogP contribution < -0.4 is 0 Å². The summed E-state index contributed by atoms with van der Waals surface area (Å²) in [6, 6.07) is 57.5. The Bertz CT molecular complexity index is 2550. The zero-order valence-corrected chi connectivity index (χ0v) is 26.2. The summed E-state index contributed by atoms with van der Waals surface area (Å²) < 4.78 is 2.65. The Kier molecular flexibility index (Phi) is 6.65. The van der Waals surface area contributed by atoms with E-state index in [2.05, 4.69) is 127 Å². The first-order chi connectivity index (χ1) is 23.3. The highest BCUT2D eigenvalue weighted by molar-refractivity contribution is 7.26. The van der Waals surface area contributed by atoms with E-state index in [1.54, 1.807) is 0 Å². The SMILES string of the molecule is c1ccc(-c2ccc(-c3nc(-c4ccccc4)nc(-c4cccc(-c5ccc6c(ccc7sc8ccccc8c76)c5)c4)n3)cc2)cc1. The van der Waals surface area contributed by atoms with Crippen LogP contribution in [0.2, 0.25) is 0 Å². The third kappa shape index (κ3) is 5.05. The zero-order valence-electron chi connectivity index (χ0n) is 25.3. The number of hydrogen-bond acceptors (Lipinski definition) is 4. The number of aromatic nitrogens is 3. The van der Waals surface area contributed by atoms with E-state index in [4.69, 9.17) is 15.0 Å². The maximum absolute atomic E-state index is 5.02. The fourth-order valence-electron chi connectivity index (χ4n) is 6.36. The van der Waals surface area contributed by atoms with Gasteiger partial charge in [0, 0.05) is 36.9 Å². The van der Waals surface area contributed by atoms with E-state index in [0.29, 0.717) is 17.5 Å². The number of rotatable bonds is 5. The second-order valence-corrected chi connectivity index (χ2v) is 12.8. The molecule has 0 aliphatic carbocycles. The molecule has 0 saturated heterocycles. The lowest BCUT2D eigenvalue weighted by Crippen LogP contribution is -2.00. The van der Waals surface area contributed by atoms with Crippen LogP contribution in [0.15, 0.2) is 164 Å². The molecule has 47 heavy (non-hydrogen) atoms. The van der Waals surface area contributed by atoms with Gasteiger partial charge >= 0.3 is 0 Å². The van der Waals surface area contributed by atoms with Crippen molar-refractivity contribution in [1.29, 1.82) is 0 Å². The van der Waals surface area contributed by atoms with Crippen molar-refractivity contribution in [2.45, 2.75) is 0 Å². The minimum atomic E-state index is 0.648. The molecule has 0 spiro atoms. The highest BCUT2D eigenvalue weighted by Crippen LogP contribution is 2.39. The van der Waals surface area contributed by atoms with Crippen molar-refractivity contribution < 1.29 is 0 Å². The lowest BCUT2D eigenvalue weighted by molar-refractivity contribution is 1.07. The van der Waals surface area contributed by atoms with Gasteiger partial charge in [-0.2, -0.15) is 0 Å². The monoisotopic (exact) mass is 617 g/mol. The lowest BCUT2D eigenvalue weighted by atomic mass is 9.97. The first-order valence-electron chi connectivity index (χ1n) is 15.7. The average molecular weight is 618 g/mol. The topological polar surface area (TPSA) is 38.7 Å². The van der Waals surface area contributed by atoms with Gasteiger partial charge in [-0.05, 0) is 57.3 Å². The molecule has 0 unspecified atom stereocenters. The van der Waals surface area contributed by atoms with Crippen molar-refractivity contribution in [2.75, 3.05) is 0 Å². The maximum atomic E-state index is 5.02. The summed E-state index contributed by atoms with van der Waals surface area (Å²) in [7, 11) is 0. The van der Waals surface area contributed by atoms with Crippen LogP contribution in [0.4, 0.5) is 0 Å². The van der Waals surface area contributed by atoms with Gasteiger partial charge in [-0.15, -0.1) is 11.3 Å². The molecule has 2 aromatic heterocycles. The van der Waals surface area contributed by atoms with Crippen LogP contribution in [0.25, 0.3) is 87.4 Å². The van der Waals surface area contributed by atoms with Crippen LogP contribution in [-0.2, 0) is 0 Å². The molecule has 0 aliphatic heterocycles. The minimum absolute atomic E-state index is 0.648. The number of nitrogens with zero attached hydrogens (tertiary/aromatic N) is 3. The molecule has 0 fully saturated rings. The first-order valence-corrected chi connectivity index (χ1v) is 16.5. The van der Waals surface area contributed by atoms with Gasteiger partial charge in [0.2, 0.25) is 0 Å². The predicted octanol–water partition coefficient (Wildman–Crippen LogP) is 11.7. The first kappa shape index (κ1) is 27.3. The van der Waals surface area contributed by atoms with Gasteiger partial charge in [0.25, 0.3) is 0 Å². The fourth-order valence-corrected chi connectivity index (χ4v) is 7.49. The Morgan fingerprint density at radius 2 is 0.851 bits per heavy atom. The summed E-state index contributed by atoms with van der Waals surface area (Å²) in [5.41, 5.74) is 7.47. The molecule has 3 nitrogen and oxygen atoms in total. The third-order valence-electron chi connectivity index (χ3n) is 8.73. The summed E-state index contributed by atoms with van der Waals surface area (Å²) in [6.07, 6.45) is 0. The van der Waals surface area contributed by atoms with Gasteiger partial charge in [-0.25, -0.2) is 15.0 Å². The third-order valence-corrected chi connectivity index (χ3v) is 9.87. The molecular weight excluding hydrogens is 591 g/mol. The summed E-state index contributed by atoms with van der Waals surface area (Å²) in [6.45, 7) is 0. The Morgan fingerprint density at radius 3 is 1.62 bits per heavy atom. The van der Waals surface area contributed by atoms with E-state index in [1.165, 1.54) is 36.5 Å². The zero-order chi connectivity index (χ0) is 31.2. The van der Waals surface area contributed by atoms with E-state index in [9.17, 15) is 0 Å². The summed E-state index contributed by atoms with van der Waals surface area (Å²) in [5, 5.41) is 5.18. The highest BCUT2D eigenvalue weighted by atomic mass is 32.1. The van der Waals surface area contributed by atoms with Crippen molar-refractivity contribution in [3.63, 3.8) is 0 Å². The van der Waals surface area contributed by atoms with E-state index < -0.39 is 0 Å². The molecule has 0 N–H and O–H groups in total. The number of fused-ring (bicyclic) bond motifs is 5. The van der Waals surface area contributed by atoms with Gasteiger partial charge < -0.3 is 0 Å². The van der Waals surface area contributed by atoms with Gasteiger partial charge in [-0.3, -0.25) is 0 Å². The predicted molar refractivity (Wildman–Crippen MR) is 197 cm³/mol. The van der Waals surface area contributed by atoms with E-state index in [-0.39, 0.29) is 0 Å². The normalized spacial score (nSPS) is 11.4. The Balaban J connectivity index is 1.13. The smallest absolute Gasteiger partial charge is 0.164 e. The number of thiophene rings is 1. The lowest BCUT2D eigenvalue weighted by Gasteiger charge is -2.11. The van der Waals surface area contributed by atoms with Crippen LogP contribution in [-0.4, -0.2) is 15.0 Å². The molecule has 0 amide bonds. The number of hydrogen-bond donors (Lipinski definition) is 0. The van der Waals surface area contributed by atoms with Crippen LogP contribution in [0.1, 0.15) is 0 Å². The van der Waals surface area contributed by atoms with Crippen LogP contribution in [0.3, 0.4) is 0 Å².